The summed E-state index contributed by atoms with van der Waals surface area (Å²) in [6.07, 6.45) is 4.72. The van der Waals surface area contributed by atoms with Crippen LogP contribution in [0.5, 0.6) is 5.75 Å². The van der Waals surface area contributed by atoms with Crippen LogP contribution in [-0.2, 0) is 10.0 Å². The van der Waals surface area contributed by atoms with E-state index in [2.05, 4.69) is 4.98 Å². The first-order valence-corrected chi connectivity index (χ1v) is 10.3. The molecule has 0 atom stereocenters. The molecule has 0 N–H and O–H groups in total. The third-order valence-corrected chi connectivity index (χ3v) is 6.02. The number of aryl methyl sites for hydroxylation is 2. The molecule has 138 valence electrons. The molecule has 2 aromatic rings. The van der Waals surface area contributed by atoms with Crippen LogP contribution in [0.3, 0.4) is 0 Å². The number of hydrogen-bond donors (Lipinski definition) is 0. The monoisotopic (exact) mass is 372 g/mol. The number of pyridine rings is 1. The Morgan fingerprint density at radius 2 is 1.77 bits per heavy atom. The summed E-state index contributed by atoms with van der Waals surface area (Å²) in [5, 5.41) is 1.29. The molecule has 6 heteroatoms. The summed E-state index contributed by atoms with van der Waals surface area (Å²) < 4.78 is 32.5. The molecule has 0 spiro atoms. The summed E-state index contributed by atoms with van der Waals surface area (Å²) >= 11 is 0. The number of sulfonamides is 1. The van der Waals surface area contributed by atoms with Gasteiger partial charge in [0.2, 0.25) is 10.0 Å². The highest BCUT2D eigenvalue weighted by Crippen LogP contribution is 2.21. The smallest absolute Gasteiger partial charge is 0.236 e. The van der Waals surface area contributed by atoms with Crippen molar-refractivity contribution in [2.75, 3.05) is 13.1 Å². The van der Waals surface area contributed by atoms with Crippen LogP contribution in [0.1, 0.15) is 29.7 Å². The Kier molecular flexibility index (Phi) is 5.74. The number of piperidine rings is 1. The molecule has 0 unspecified atom stereocenters. The summed E-state index contributed by atoms with van der Waals surface area (Å²) in [6.45, 7) is 4.86. The second-order valence-corrected chi connectivity index (χ2v) is 8.43. The van der Waals surface area contributed by atoms with Gasteiger partial charge in [-0.25, -0.2) is 8.42 Å². The molecule has 1 saturated heterocycles. The number of rotatable bonds is 5. The molecule has 1 fully saturated rings. The maximum Gasteiger partial charge on any atom is 0.236 e. The predicted molar refractivity (Wildman–Crippen MR) is 103 cm³/mol. The molecule has 26 heavy (non-hydrogen) atoms. The van der Waals surface area contributed by atoms with E-state index in [-0.39, 0.29) is 6.10 Å². The average molecular weight is 372 g/mol. The zero-order valence-electron chi connectivity index (χ0n) is 15.1. The lowest BCUT2D eigenvalue weighted by Crippen LogP contribution is -2.40. The Labute approximate surface area is 155 Å². The van der Waals surface area contributed by atoms with E-state index in [9.17, 15) is 8.42 Å². The van der Waals surface area contributed by atoms with Crippen molar-refractivity contribution in [1.29, 1.82) is 0 Å². The largest absolute Gasteiger partial charge is 0.489 e. The van der Waals surface area contributed by atoms with Gasteiger partial charge in [0, 0.05) is 24.2 Å². The van der Waals surface area contributed by atoms with E-state index in [0.29, 0.717) is 25.9 Å². The van der Waals surface area contributed by atoms with Gasteiger partial charge in [0.25, 0.3) is 0 Å². The first-order valence-electron chi connectivity index (χ1n) is 8.76. The maximum absolute atomic E-state index is 12.5. The van der Waals surface area contributed by atoms with Crippen LogP contribution in [0.2, 0.25) is 0 Å². The van der Waals surface area contributed by atoms with E-state index < -0.39 is 10.0 Å². The minimum absolute atomic E-state index is 0.0204. The van der Waals surface area contributed by atoms with Crippen molar-refractivity contribution < 1.29 is 13.2 Å². The number of hydrogen-bond acceptors (Lipinski definition) is 4. The minimum atomic E-state index is -3.41. The van der Waals surface area contributed by atoms with E-state index in [0.717, 1.165) is 22.6 Å². The summed E-state index contributed by atoms with van der Waals surface area (Å²) in [7, 11) is -3.41. The Bertz CT molecular complexity index is 851. The molecule has 5 nitrogen and oxygen atoms in total. The first kappa shape index (κ1) is 18.6. The molecule has 0 aliphatic carbocycles. The van der Waals surface area contributed by atoms with Crippen molar-refractivity contribution >= 4 is 16.1 Å². The van der Waals surface area contributed by atoms with Crippen LogP contribution in [0.25, 0.3) is 6.08 Å². The molecule has 2 heterocycles. The molecule has 1 aliphatic heterocycles. The maximum atomic E-state index is 12.5. The molecular weight excluding hydrogens is 348 g/mol. The van der Waals surface area contributed by atoms with Gasteiger partial charge in [-0.1, -0.05) is 29.8 Å². The van der Waals surface area contributed by atoms with Gasteiger partial charge in [-0.05, 0) is 50.5 Å². The fourth-order valence-electron chi connectivity index (χ4n) is 2.85. The molecule has 1 aromatic carbocycles. The van der Waals surface area contributed by atoms with Crippen molar-refractivity contribution in [3.63, 3.8) is 0 Å². The van der Waals surface area contributed by atoms with E-state index in [1.54, 1.807) is 12.3 Å². The molecule has 0 bridgehead atoms. The Morgan fingerprint density at radius 3 is 2.38 bits per heavy atom. The van der Waals surface area contributed by atoms with Gasteiger partial charge in [0.15, 0.2) is 0 Å². The number of nitrogens with zero attached hydrogens (tertiary/aromatic N) is 2. The third kappa shape index (κ3) is 4.93. The quantitative estimate of drug-likeness (QED) is 0.805. The standard InChI is InChI=1S/C20H24N2O3S/c1-16-3-6-18(7-4-16)11-14-26(23,24)22-12-9-19(10-13-22)25-20-8-5-17(2)21-15-20/h3-8,11,14-15,19H,9-10,12-13H2,1-2H3/b14-11+. The Balaban J connectivity index is 1.56. The SMILES string of the molecule is Cc1ccc(/C=C/S(=O)(=O)N2CCC(Oc3ccc(C)nc3)CC2)cc1. The highest BCUT2D eigenvalue weighted by molar-refractivity contribution is 7.92. The third-order valence-electron chi connectivity index (χ3n) is 4.46. The van der Waals surface area contributed by atoms with Crippen molar-refractivity contribution in [3.05, 3.63) is 64.8 Å². The van der Waals surface area contributed by atoms with Gasteiger partial charge in [-0.15, -0.1) is 0 Å². The molecule has 3 rings (SSSR count). The number of aromatic nitrogens is 1. The van der Waals surface area contributed by atoms with Crippen LogP contribution in [0.15, 0.2) is 48.0 Å². The van der Waals surface area contributed by atoms with Gasteiger partial charge in [0.05, 0.1) is 6.20 Å². The van der Waals surface area contributed by atoms with Gasteiger partial charge < -0.3 is 4.74 Å². The molecule has 0 amide bonds. The number of benzene rings is 1. The van der Waals surface area contributed by atoms with Crippen LogP contribution < -0.4 is 4.74 Å². The zero-order chi connectivity index (χ0) is 18.6. The summed E-state index contributed by atoms with van der Waals surface area (Å²) in [5.41, 5.74) is 2.97. The van der Waals surface area contributed by atoms with Crippen LogP contribution in [-0.4, -0.2) is 36.9 Å². The van der Waals surface area contributed by atoms with E-state index in [1.165, 1.54) is 9.71 Å². The molecule has 1 aromatic heterocycles. The van der Waals surface area contributed by atoms with E-state index in [4.69, 9.17) is 4.74 Å². The highest BCUT2D eigenvalue weighted by atomic mass is 32.2. The van der Waals surface area contributed by atoms with Crippen molar-refractivity contribution in [3.8, 4) is 5.75 Å². The Hall–Kier alpha value is -2.18. The summed E-state index contributed by atoms with van der Waals surface area (Å²) in [5.74, 6) is 0.733. The van der Waals surface area contributed by atoms with Crippen LogP contribution in [0.4, 0.5) is 0 Å². The van der Waals surface area contributed by atoms with E-state index in [1.807, 2.05) is 50.2 Å². The lowest BCUT2D eigenvalue weighted by molar-refractivity contribution is 0.135. The van der Waals surface area contributed by atoms with Crippen LogP contribution in [0, 0.1) is 13.8 Å². The summed E-state index contributed by atoms with van der Waals surface area (Å²) in [4.78, 5) is 4.22. The lowest BCUT2D eigenvalue weighted by Gasteiger charge is -2.30. The lowest BCUT2D eigenvalue weighted by atomic mass is 10.1. The molecule has 0 radical (unpaired) electrons. The second kappa shape index (κ2) is 8.01. The normalized spacial score (nSPS) is 16.8. The van der Waals surface area contributed by atoms with Gasteiger partial charge in [-0.2, -0.15) is 4.31 Å². The van der Waals surface area contributed by atoms with Crippen molar-refractivity contribution in [2.45, 2.75) is 32.8 Å². The molecular formula is C20H24N2O3S. The molecule has 0 saturated carbocycles. The van der Waals surface area contributed by atoms with Crippen molar-refractivity contribution in [2.24, 2.45) is 0 Å². The minimum Gasteiger partial charge on any atom is -0.489 e. The van der Waals surface area contributed by atoms with Gasteiger partial charge >= 0.3 is 0 Å². The predicted octanol–water partition coefficient (Wildman–Crippen LogP) is 3.54. The fourth-order valence-corrected chi connectivity index (χ4v) is 4.07. The first-order chi connectivity index (χ1) is 12.4. The van der Waals surface area contributed by atoms with Crippen molar-refractivity contribution in [1.82, 2.24) is 9.29 Å². The van der Waals surface area contributed by atoms with Gasteiger partial charge in [-0.3, -0.25) is 4.98 Å². The summed E-state index contributed by atoms with van der Waals surface area (Å²) in [6, 6.07) is 11.6. The van der Waals surface area contributed by atoms with E-state index >= 15 is 0 Å². The highest BCUT2D eigenvalue weighted by Gasteiger charge is 2.27. The fraction of sp³-hybridized carbons (Fsp3) is 0.350. The van der Waals surface area contributed by atoms with Gasteiger partial charge in [0.1, 0.15) is 11.9 Å². The Morgan fingerprint density at radius 1 is 1.08 bits per heavy atom. The zero-order valence-corrected chi connectivity index (χ0v) is 15.9. The second-order valence-electron chi connectivity index (χ2n) is 6.61. The van der Waals surface area contributed by atoms with Crippen LogP contribution >= 0.6 is 0 Å². The topological polar surface area (TPSA) is 59.5 Å². The average Bonchev–Trinajstić information content (AvgIpc) is 2.64. The number of ether oxygens (including phenoxy) is 1. The molecule has 1 aliphatic rings.